The second-order valence-corrected chi connectivity index (χ2v) is 9.54. The summed E-state index contributed by atoms with van der Waals surface area (Å²) in [5.74, 6) is -2.23. The SMILES string of the molecule is CC1(C)CC(=O)C2=C(C1)N(c1ccc(F)cc1F)C(N)=C(C#N)C2c1ccc(Br)cc1. The van der Waals surface area contributed by atoms with Gasteiger partial charge in [-0.15, -0.1) is 0 Å². The quantitative estimate of drug-likeness (QED) is 0.597. The van der Waals surface area contributed by atoms with Crippen molar-refractivity contribution >= 4 is 27.4 Å². The van der Waals surface area contributed by atoms with Crippen molar-refractivity contribution in [3.63, 3.8) is 0 Å². The number of Topliss-reactive ketones (excluding diaryl/α,β-unsaturated/α-hetero) is 1. The highest BCUT2D eigenvalue weighted by molar-refractivity contribution is 9.10. The van der Waals surface area contributed by atoms with Gasteiger partial charge in [0.15, 0.2) is 5.78 Å². The minimum atomic E-state index is -0.815. The highest BCUT2D eigenvalue weighted by atomic mass is 79.9. The van der Waals surface area contributed by atoms with Crippen LogP contribution in [-0.2, 0) is 4.79 Å². The van der Waals surface area contributed by atoms with Crippen molar-refractivity contribution in [3.05, 3.63) is 86.8 Å². The minimum Gasteiger partial charge on any atom is -0.384 e. The molecule has 0 saturated heterocycles. The summed E-state index contributed by atoms with van der Waals surface area (Å²) in [4.78, 5) is 14.8. The van der Waals surface area contributed by atoms with Gasteiger partial charge in [-0.05, 0) is 41.7 Å². The zero-order valence-corrected chi connectivity index (χ0v) is 18.6. The summed E-state index contributed by atoms with van der Waals surface area (Å²) in [5.41, 5.74) is 7.99. The molecular formula is C24H20BrF2N3O. The number of benzene rings is 2. The van der Waals surface area contributed by atoms with Crippen LogP contribution >= 0.6 is 15.9 Å². The maximum absolute atomic E-state index is 14.8. The smallest absolute Gasteiger partial charge is 0.162 e. The molecule has 0 bridgehead atoms. The third-order valence-corrected chi connectivity index (χ3v) is 6.26. The number of hydrogen-bond donors (Lipinski definition) is 1. The Bertz CT molecular complexity index is 1190. The highest BCUT2D eigenvalue weighted by Gasteiger charge is 2.45. The van der Waals surface area contributed by atoms with E-state index in [-0.39, 0.29) is 28.3 Å². The van der Waals surface area contributed by atoms with E-state index in [2.05, 4.69) is 22.0 Å². The van der Waals surface area contributed by atoms with Crippen LogP contribution in [0.3, 0.4) is 0 Å². The molecule has 2 aliphatic rings. The minimum absolute atomic E-state index is 0.0129. The Balaban J connectivity index is 2.01. The molecule has 2 N–H and O–H groups in total. The summed E-state index contributed by atoms with van der Waals surface area (Å²) in [7, 11) is 0. The van der Waals surface area contributed by atoms with E-state index in [1.54, 1.807) is 0 Å². The van der Waals surface area contributed by atoms with Gasteiger partial charge in [0, 0.05) is 28.2 Å². The molecule has 4 rings (SSSR count). The predicted octanol–water partition coefficient (Wildman–Crippen LogP) is 5.67. The third kappa shape index (κ3) is 3.66. The van der Waals surface area contributed by atoms with Crippen molar-refractivity contribution in [1.29, 1.82) is 5.26 Å². The van der Waals surface area contributed by atoms with Crippen LogP contribution in [-0.4, -0.2) is 5.78 Å². The normalized spacial score (nSPS) is 20.6. The molecule has 1 atom stereocenters. The number of allylic oxidation sites excluding steroid dienone is 3. The second-order valence-electron chi connectivity index (χ2n) is 8.63. The molecule has 1 unspecified atom stereocenters. The fraction of sp³-hybridized carbons (Fsp3) is 0.250. The van der Waals surface area contributed by atoms with Gasteiger partial charge in [-0.1, -0.05) is 41.9 Å². The van der Waals surface area contributed by atoms with Crippen LogP contribution in [0.15, 0.2) is 69.6 Å². The van der Waals surface area contributed by atoms with Crippen LogP contribution in [0.5, 0.6) is 0 Å². The summed E-state index contributed by atoms with van der Waals surface area (Å²) in [6.45, 7) is 3.92. The monoisotopic (exact) mass is 483 g/mol. The van der Waals surface area contributed by atoms with E-state index in [1.165, 1.54) is 11.0 Å². The molecule has 7 heteroatoms. The Morgan fingerprint density at radius 1 is 1.16 bits per heavy atom. The van der Waals surface area contributed by atoms with Gasteiger partial charge in [0.1, 0.15) is 17.5 Å². The van der Waals surface area contributed by atoms with Crippen LogP contribution in [0.2, 0.25) is 0 Å². The Morgan fingerprint density at radius 3 is 2.45 bits per heavy atom. The summed E-state index contributed by atoms with van der Waals surface area (Å²) in [6.07, 6.45) is 0.758. The lowest BCUT2D eigenvalue weighted by atomic mass is 9.68. The van der Waals surface area contributed by atoms with Crippen molar-refractivity contribution in [1.82, 2.24) is 0 Å². The number of carbonyl (C=O) groups excluding carboxylic acids is 1. The summed E-state index contributed by atoms with van der Waals surface area (Å²) in [6, 6.07) is 12.7. The first-order valence-corrected chi connectivity index (χ1v) is 10.6. The standard InChI is InChI=1S/C24H20BrF2N3O/c1-24(2)10-19-22(20(31)11-24)21(13-3-5-14(25)6-4-13)16(12-28)23(29)30(19)18-8-7-15(26)9-17(18)27/h3-9,21H,10-11,29H2,1-2H3. The van der Waals surface area contributed by atoms with Gasteiger partial charge in [0.2, 0.25) is 0 Å². The van der Waals surface area contributed by atoms with Gasteiger partial charge < -0.3 is 5.73 Å². The molecule has 0 spiro atoms. The Labute approximate surface area is 187 Å². The predicted molar refractivity (Wildman–Crippen MR) is 118 cm³/mol. The average molecular weight is 484 g/mol. The van der Waals surface area contributed by atoms with Gasteiger partial charge in [-0.25, -0.2) is 8.78 Å². The van der Waals surface area contributed by atoms with Crippen LogP contribution in [0.1, 0.15) is 38.2 Å². The number of rotatable bonds is 2. The lowest BCUT2D eigenvalue weighted by molar-refractivity contribution is -0.118. The Kier molecular flexibility index (Phi) is 5.22. The first kappa shape index (κ1) is 21.3. The lowest BCUT2D eigenvalue weighted by Gasteiger charge is -2.43. The van der Waals surface area contributed by atoms with Crippen LogP contribution in [0.4, 0.5) is 14.5 Å². The molecule has 158 valence electrons. The second kappa shape index (κ2) is 7.61. The van der Waals surface area contributed by atoms with Gasteiger partial charge in [-0.2, -0.15) is 5.26 Å². The van der Waals surface area contributed by atoms with E-state index >= 15 is 0 Å². The summed E-state index contributed by atoms with van der Waals surface area (Å²) in [5, 5.41) is 9.99. The largest absolute Gasteiger partial charge is 0.384 e. The fourth-order valence-corrected chi connectivity index (χ4v) is 4.70. The van der Waals surface area contributed by atoms with Crippen LogP contribution < -0.4 is 10.6 Å². The van der Waals surface area contributed by atoms with Crippen molar-refractivity contribution < 1.29 is 13.6 Å². The molecular weight excluding hydrogens is 464 g/mol. The maximum atomic E-state index is 14.8. The Morgan fingerprint density at radius 2 is 1.84 bits per heavy atom. The van der Waals surface area contributed by atoms with E-state index in [0.29, 0.717) is 24.1 Å². The molecule has 0 saturated carbocycles. The number of hydrogen-bond acceptors (Lipinski definition) is 4. The molecule has 2 aromatic rings. The molecule has 0 radical (unpaired) electrons. The van der Waals surface area contributed by atoms with Gasteiger partial charge in [-0.3, -0.25) is 9.69 Å². The average Bonchev–Trinajstić information content (AvgIpc) is 2.68. The molecule has 1 aliphatic carbocycles. The number of carbonyl (C=O) groups is 1. The Hall–Kier alpha value is -2.98. The van der Waals surface area contributed by atoms with E-state index in [0.717, 1.165) is 22.2 Å². The molecule has 1 heterocycles. The number of anilines is 1. The van der Waals surface area contributed by atoms with Crippen molar-refractivity contribution in [3.8, 4) is 6.07 Å². The van der Waals surface area contributed by atoms with Crippen molar-refractivity contribution in [2.24, 2.45) is 11.1 Å². The zero-order chi connectivity index (χ0) is 22.5. The van der Waals surface area contributed by atoms with E-state index in [1.807, 2.05) is 38.1 Å². The van der Waals surface area contributed by atoms with Crippen LogP contribution in [0, 0.1) is 28.4 Å². The first-order valence-electron chi connectivity index (χ1n) is 9.79. The molecule has 4 nitrogen and oxygen atoms in total. The number of ketones is 1. The summed E-state index contributed by atoms with van der Waals surface area (Å²) < 4.78 is 29.2. The topological polar surface area (TPSA) is 70.1 Å². The molecule has 0 fully saturated rings. The molecule has 31 heavy (non-hydrogen) atoms. The van der Waals surface area contributed by atoms with Gasteiger partial charge in [0.25, 0.3) is 0 Å². The highest BCUT2D eigenvalue weighted by Crippen LogP contribution is 2.50. The van der Waals surface area contributed by atoms with Gasteiger partial charge in [0.05, 0.1) is 23.2 Å². The van der Waals surface area contributed by atoms with Gasteiger partial charge >= 0.3 is 0 Å². The lowest BCUT2D eigenvalue weighted by Crippen LogP contribution is -2.42. The number of nitrogens with zero attached hydrogens (tertiary/aromatic N) is 2. The maximum Gasteiger partial charge on any atom is 0.162 e. The number of nitrogens with two attached hydrogens (primary N) is 1. The molecule has 0 amide bonds. The van der Waals surface area contributed by atoms with Crippen molar-refractivity contribution in [2.75, 3.05) is 4.90 Å². The third-order valence-electron chi connectivity index (χ3n) is 5.73. The first-order chi connectivity index (χ1) is 14.6. The number of halogens is 3. The molecule has 2 aromatic carbocycles. The van der Waals surface area contributed by atoms with E-state index in [9.17, 15) is 18.8 Å². The summed E-state index contributed by atoms with van der Waals surface area (Å²) >= 11 is 3.40. The van der Waals surface area contributed by atoms with E-state index in [4.69, 9.17) is 5.73 Å². The molecule has 1 aliphatic heterocycles. The number of nitriles is 1. The van der Waals surface area contributed by atoms with E-state index < -0.39 is 17.6 Å². The van der Waals surface area contributed by atoms with Crippen molar-refractivity contribution in [2.45, 2.75) is 32.6 Å². The zero-order valence-electron chi connectivity index (χ0n) is 17.0. The fourth-order valence-electron chi connectivity index (χ4n) is 4.44. The van der Waals surface area contributed by atoms with Crippen LogP contribution in [0.25, 0.3) is 0 Å². The molecule has 0 aromatic heterocycles.